The van der Waals surface area contributed by atoms with Crippen molar-refractivity contribution in [2.75, 3.05) is 26.6 Å². The summed E-state index contributed by atoms with van der Waals surface area (Å²) in [6.45, 7) is 4.22. The lowest BCUT2D eigenvalue weighted by Gasteiger charge is -1.98. The van der Waals surface area contributed by atoms with E-state index in [2.05, 4.69) is 0 Å². The van der Waals surface area contributed by atoms with E-state index in [1.165, 1.54) is 0 Å². The van der Waals surface area contributed by atoms with Crippen molar-refractivity contribution in [3.63, 3.8) is 0 Å². The summed E-state index contributed by atoms with van der Waals surface area (Å²) in [5.41, 5.74) is 5.03. The van der Waals surface area contributed by atoms with Gasteiger partial charge in [-0.2, -0.15) is 0 Å². The molecule has 0 rings (SSSR count). The molecule has 3 nitrogen and oxygen atoms in total. The van der Waals surface area contributed by atoms with Crippen molar-refractivity contribution < 1.29 is 9.47 Å². The van der Waals surface area contributed by atoms with Gasteiger partial charge < -0.3 is 15.2 Å². The van der Waals surface area contributed by atoms with Gasteiger partial charge in [0.1, 0.15) is 0 Å². The predicted molar refractivity (Wildman–Crippen MR) is 31.5 cm³/mol. The fourth-order valence-electron chi connectivity index (χ4n) is 0.346. The molecule has 0 spiro atoms. The average Bonchev–Trinajstić information content (AvgIpc) is 1.81. The standard InChI is InChI=1S/C5H13NO2/c1-2-7-3-4-8-5-6/h2-6H2,1H3. The van der Waals surface area contributed by atoms with Gasteiger partial charge in [-0.25, -0.2) is 0 Å². The molecular weight excluding hydrogens is 106 g/mol. The maximum Gasteiger partial charge on any atom is 0.0941 e. The molecule has 0 aromatic heterocycles. The summed E-state index contributed by atoms with van der Waals surface area (Å²) in [5, 5.41) is 0. The first-order valence-electron chi connectivity index (χ1n) is 2.77. The monoisotopic (exact) mass is 119 g/mol. The molecular formula is C5H13NO2. The Kier molecular flexibility index (Phi) is 6.78. The van der Waals surface area contributed by atoms with Gasteiger partial charge >= 0.3 is 0 Å². The zero-order valence-electron chi connectivity index (χ0n) is 5.22. The van der Waals surface area contributed by atoms with Crippen LogP contribution >= 0.6 is 0 Å². The van der Waals surface area contributed by atoms with Gasteiger partial charge in [0.2, 0.25) is 0 Å². The summed E-state index contributed by atoms with van der Waals surface area (Å²) < 4.78 is 9.74. The van der Waals surface area contributed by atoms with Gasteiger partial charge in [0.15, 0.2) is 0 Å². The van der Waals surface area contributed by atoms with Gasteiger partial charge in [0, 0.05) is 6.61 Å². The molecule has 0 saturated carbocycles. The van der Waals surface area contributed by atoms with E-state index < -0.39 is 0 Å². The van der Waals surface area contributed by atoms with Crippen LogP contribution in [-0.4, -0.2) is 26.6 Å². The highest BCUT2D eigenvalue weighted by Gasteiger charge is 1.81. The highest BCUT2D eigenvalue weighted by Crippen LogP contribution is 1.73. The van der Waals surface area contributed by atoms with E-state index in [4.69, 9.17) is 15.2 Å². The Morgan fingerprint density at radius 2 is 1.88 bits per heavy atom. The number of ether oxygens (including phenoxy) is 2. The Balaban J connectivity index is 2.53. The molecule has 2 N–H and O–H groups in total. The smallest absolute Gasteiger partial charge is 0.0941 e. The van der Waals surface area contributed by atoms with Crippen molar-refractivity contribution in [3.8, 4) is 0 Å². The van der Waals surface area contributed by atoms with Crippen LogP contribution in [0.5, 0.6) is 0 Å². The van der Waals surface area contributed by atoms with E-state index in [-0.39, 0.29) is 6.73 Å². The Bertz CT molecular complexity index is 35.4. The van der Waals surface area contributed by atoms with Crippen LogP contribution < -0.4 is 5.73 Å². The molecule has 0 radical (unpaired) electrons. The molecule has 0 aromatic rings. The van der Waals surface area contributed by atoms with E-state index in [1.807, 2.05) is 6.92 Å². The van der Waals surface area contributed by atoms with Crippen LogP contribution in [0.3, 0.4) is 0 Å². The summed E-state index contributed by atoms with van der Waals surface area (Å²) in [6, 6.07) is 0. The van der Waals surface area contributed by atoms with Crippen molar-refractivity contribution >= 4 is 0 Å². The van der Waals surface area contributed by atoms with E-state index in [9.17, 15) is 0 Å². The molecule has 0 aliphatic heterocycles. The summed E-state index contributed by atoms with van der Waals surface area (Å²) in [4.78, 5) is 0. The second-order valence-corrected chi connectivity index (χ2v) is 1.27. The minimum atomic E-state index is 0.285. The van der Waals surface area contributed by atoms with Crippen molar-refractivity contribution in [1.29, 1.82) is 0 Å². The van der Waals surface area contributed by atoms with Gasteiger partial charge in [-0.15, -0.1) is 0 Å². The second kappa shape index (κ2) is 6.88. The maximum atomic E-state index is 5.03. The molecule has 0 saturated heterocycles. The molecule has 50 valence electrons. The van der Waals surface area contributed by atoms with Crippen LogP contribution in [0.2, 0.25) is 0 Å². The third-order valence-corrected chi connectivity index (χ3v) is 0.694. The van der Waals surface area contributed by atoms with Crippen LogP contribution in [0, 0.1) is 0 Å². The Morgan fingerprint density at radius 1 is 1.25 bits per heavy atom. The van der Waals surface area contributed by atoms with Crippen LogP contribution in [0.25, 0.3) is 0 Å². The topological polar surface area (TPSA) is 44.5 Å². The highest BCUT2D eigenvalue weighted by atomic mass is 16.5. The summed E-state index contributed by atoms with van der Waals surface area (Å²) >= 11 is 0. The largest absolute Gasteiger partial charge is 0.379 e. The molecule has 8 heavy (non-hydrogen) atoms. The zero-order valence-corrected chi connectivity index (χ0v) is 5.22. The third-order valence-electron chi connectivity index (χ3n) is 0.694. The first-order valence-corrected chi connectivity index (χ1v) is 2.77. The molecule has 0 fully saturated rings. The van der Waals surface area contributed by atoms with Gasteiger partial charge in [-0.05, 0) is 6.92 Å². The lowest BCUT2D eigenvalue weighted by atomic mass is 10.7. The fraction of sp³-hybridized carbons (Fsp3) is 1.00. The Labute approximate surface area is 49.8 Å². The molecule has 0 bridgehead atoms. The van der Waals surface area contributed by atoms with Crippen LogP contribution in [-0.2, 0) is 9.47 Å². The van der Waals surface area contributed by atoms with Crippen LogP contribution in [0.4, 0.5) is 0 Å². The first-order chi connectivity index (χ1) is 3.91. The average molecular weight is 119 g/mol. The molecule has 0 atom stereocenters. The molecule has 0 amide bonds. The number of hydrogen-bond donors (Lipinski definition) is 1. The second-order valence-electron chi connectivity index (χ2n) is 1.27. The molecule has 0 heterocycles. The normalized spacial score (nSPS) is 9.75. The van der Waals surface area contributed by atoms with Gasteiger partial charge in [-0.3, -0.25) is 0 Å². The molecule has 0 aromatic carbocycles. The summed E-state index contributed by atoms with van der Waals surface area (Å²) in [7, 11) is 0. The van der Waals surface area contributed by atoms with Gasteiger partial charge in [0.25, 0.3) is 0 Å². The quantitative estimate of drug-likeness (QED) is 0.408. The summed E-state index contributed by atoms with van der Waals surface area (Å²) in [6.07, 6.45) is 0. The van der Waals surface area contributed by atoms with E-state index in [1.54, 1.807) is 0 Å². The van der Waals surface area contributed by atoms with Crippen molar-refractivity contribution in [2.24, 2.45) is 5.73 Å². The van der Waals surface area contributed by atoms with Gasteiger partial charge in [0.05, 0.1) is 19.9 Å². The molecule has 0 aliphatic rings. The lowest BCUT2D eigenvalue weighted by Crippen LogP contribution is -2.09. The van der Waals surface area contributed by atoms with Gasteiger partial charge in [-0.1, -0.05) is 0 Å². The van der Waals surface area contributed by atoms with E-state index in [0.717, 1.165) is 6.61 Å². The van der Waals surface area contributed by atoms with Crippen LogP contribution in [0.1, 0.15) is 6.92 Å². The number of rotatable bonds is 5. The minimum Gasteiger partial charge on any atom is -0.379 e. The predicted octanol–water partition coefficient (Wildman–Crippen LogP) is -0.0443. The number of nitrogens with two attached hydrogens (primary N) is 1. The number of hydrogen-bond acceptors (Lipinski definition) is 3. The Hall–Kier alpha value is -0.120. The summed E-state index contributed by atoms with van der Waals surface area (Å²) in [5.74, 6) is 0. The van der Waals surface area contributed by atoms with Crippen molar-refractivity contribution in [3.05, 3.63) is 0 Å². The fourth-order valence-corrected chi connectivity index (χ4v) is 0.346. The van der Waals surface area contributed by atoms with Crippen LogP contribution in [0.15, 0.2) is 0 Å². The van der Waals surface area contributed by atoms with Crippen molar-refractivity contribution in [2.45, 2.75) is 6.92 Å². The van der Waals surface area contributed by atoms with Crippen molar-refractivity contribution in [1.82, 2.24) is 0 Å². The molecule has 0 unspecified atom stereocenters. The lowest BCUT2D eigenvalue weighted by molar-refractivity contribution is 0.0556. The highest BCUT2D eigenvalue weighted by molar-refractivity contribution is 4.24. The minimum absolute atomic E-state index is 0.285. The Morgan fingerprint density at radius 3 is 2.38 bits per heavy atom. The molecule has 3 heteroatoms. The SMILES string of the molecule is CCOCCOCN. The zero-order chi connectivity index (χ0) is 6.24. The first kappa shape index (κ1) is 7.88. The maximum absolute atomic E-state index is 5.03. The van der Waals surface area contributed by atoms with E-state index in [0.29, 0.717) is 13.2 Å². The third kappa shape index (κ3) is 5.88. The molecule has 0 aliphatic carbocycles. The van der Waals surface area contributed by atoms with E-state index >= 15 is 0 Å².